The van der Waals surface area contributed by atoms with Crippen molar-refractivity contribution < 1.29 is 14.6 Å². The van der Waals surface area contributed by atoms with E-state index < -0.39 is 6.10 Å². The normalized spacial score (nSPS) is 19.9. The van der Waals surface area contributed by atoms with Gasteiger partial charge in [-0.05, 0) is 18.6 Å². The third kappa shape index (κ3) is 1.99. The van der Waals surface area contributed by atoms with Crippen LogP contribution in [0.15, 0.2) is 18.3 Å². The van der Waals surface area contributed by atoms with E-state index >= 15 is 0 Å². The summed E-state index contributed by atoms with van der Waals surface area (Å²) in [6.07, 6.45) is 1.80. The van der Waals surface area contributed by atoms with Crippen LogP contribution in [0, 0.1) is 0 Å². The molecule has 1 atom stereocenters. The standard InChI is InChI=1S/C11H14N2O3/c1-16-10-9(3-2-5-12-10)11(15)13-6-4-8(14)7-13/h2-3,5,8,14H,4,6-7H2,1H3/t8-/m1/s1. The number of methoxy groups -OCH3 is 1. The second-order valence-electron chi connectivity index (χ2n) is 3.75. The van der Waals surface area contributed by atoms with Crippen LogP contribution in [0.25, 0.3) is 0 Å². The Kier molecular flexibility index (Phi) is 3.05. The molecule has 1 amide bonds. The fraction of sp³-hybridized carbons (Fsp3) is 0.455. The second kappa shape index (κ2) is 4.49. The highest BCUT2D eigenvalue weighted by molar-refractivity contribution is 5.96. The van der Waals surface area contributed by atoms with Gasteiger partial charge < -0.3 is 14.7 Å². The summed E-state index contributed by atoms with van der Waals surface area (Å²) in [4.78, 5) is 17.7. The van der Waals surface area contributed by atoms with Crippen LogP contribution in [-0.2, 0) is 0 Å². The summed E-state index contributed by atoms with van der Waals surface area (Å²) in [7, 11) is 1.48. The number of likely N-dealkylation sites (tertiary alicyclic amines) is 1. The monoisotopic (exact) mass is 222 g/mol. The van der Waals surface area contributed by atoms with E-state index in [1.54, 1.807) is 23.2 Å². The number of aliphatic hydroxyl groups excluding tert-OH is 1. The summed E-state index contributed by atoms with van der Waals surface area (Å²) >= 11 is 0. The summed E-state index contributed by atoms with van der Waals surface area (Å²) in [5.41, 5.74) is 0.444. The molecule has 5 nitrogen and oxygen atoms in total. The predicted octanol–water partition coefficient (Wildman–Crippen LogP) is 0.297. The molecule has 2 rings (SSSR count). The molecule has 2 heterocycles. The Morgan fingerprint density at radius 2 is 2.50 bits per heavy atom. The third-order valence-corrected chi connectivity index (χ3v) is 2.65. The molecule has 0 unspecified atom stereocenters. The molecule has 0 aliphatic carbocycles. The summed E-state index contributed by atoms with van der Waals surface area (Å²) in [6, 6.07) is 3.38. The molecule has 16 heavy (non-hydrogen) atoms. The highest BCUT2D eigenvalue weighted by atomic mass is 16.5. The molecule has 1 saturated heterocycles. The largest absolute Gasteiger partial charge is 0.480 e. The number of aliphatic hydroxyl groups is 1. The van der Waals surface area contributed by atoms with Gasteiger partial charge >= 0.3 is 0 Å². The maximum Gasteiger partial charge on any atom is 0.259 e. The Bertz CT molecular complexity index is 395. The van der Waals surface area contributed by atoms with Crippen molar-refractivity contribution in [1.82, 2.24) is 9.88 Å². The maximum absolute atomic E-state index is 12.1. The lowest BCUT2D eigenvalue weighted by Gasteiger charge is -2.16. The number of carbonyl (C=O) groups is 1. The molecule has 0 radical (unpaired) electrons. The average molecular weight is 222 g/mol. The fourth-order valence-corrected chi connectivity index (χ4v) is 1.81. The van der Waals surface area contributed by atoms with Crippen molar-refractivity contribution in [3.05, 3.63) is 23.9 Å². The number of carbonyl (C=O) groups excluding carboxylic acids is 1. The van der Waals surface area contributed by atoms with Gasteiger partial charge in [-0.3, -0.25) is 4.79 Å². The number of rotatable bonds is 2. The Hall–Kier alpha value is -1.62. The van der Waals surface area contributed by atoms with E-state index in [1.807, 2.05) is 0 Å². The number of nitrogens with zero attached hydrogens (tertiary/aromatic N) is 2. The van der Waals surface area contributed by atoms with Crippen molar-refractivity contribution in [1.29, 1.82) is 0 Å². The SMILES string of the molecule is COc1ncccc1C(=O)N1CC[C@@H](O)C1. The summed E-state index contributed by atoms with van der Waals surface area (Å²) < 4.78 is 5.03. The second-order valence-corrected chi connectivity index (χ2v) is 3.75. The number of amides is 1. The topological polar surface area (TPSA) is 62.7 Å². The van der Waals surface area contributed by atoms with Gasteiger partial charge in [-0.1, -0.05) is 0 Å². The minimum Gasteiger partial charge on any atom is -0.480 e. The molecule has 1 aliphatic heterocycles. The summed E-state index contributed by atoms with van der Waals surface area (Å²) in [5.74, 6) is 0.190. The molecule has 1 aliphatic rings. The molecule has 0 aromatic carbocycles. The lowest BCUT2D eigenvalue weighted by molar-refractivity contribution is 0.0761. The molecule has 1 N–H and O–H groups in total. The first kappa shape index (κ1) is 10.9. The summed E-state index contributed by atoms with van der Waals surface area (Å²) in [5, 5.41) is 9.38. The van der Waals surface area contributed by atoms with E-state index in [0.29, 0.717) is 31.0 Å². The van der Waals surface area contributed by atoms with Gasteiger partial charge in [0.1, 0.15) is 5.56 Å². The summed E-state index contributed by atoms with van der Waals surface area (Å²) in [6.45, 7) is 0.967. The number of pyridine rings is 1. The highest BCUT2D eigenvalue weighted by Gasteiger charge is 2.27. The number of hydrogen-bond acceptors (Lipinski definition) is 4. The molecule has 1 fully saturated rings. The first-order valence-corrected chi connectivity index (χ1v) is 5.18. The minimum atomic E-state index is -0.411. The van der Waals surface area contributed by atoms with Gasteiger partial charge in [-0.15, -0.1) is 0 Å². The molecular formula is C11H14N2O3. The highest BCUT2D eigenvalue weighted by Crippen LogP contribution is 2.19. The molecule has 1 aromatic rings. The lowest BCUT2D eigenvalue weighted by atomic mass is 10.2. The zero-order chi connectivity index (χ0) is 11.5. The first-order chi connectivity index (χ1) is 7.72. The molecule has 0 saturated carbocycles. The number of hydrogen-bond donors (Lipinski definition) is 1. The molecule has 1 aromatic heterocycles. The van der Waals surface area contributed by atoms with Crippen LogP contribution in [0.1, 0.15) is 16.8 Å². The van der Waals surface area contributed by atoms with Gasteiger partial charge in [-0.2, -0.15) is 0 Å². The number of aromatic nitrogens is 1. The smallest absolute Gasteiger partial charge is 0.259 e. The van der Waals surface area contributed by atoms with Gasteiger partial charge in [0.2, 0.25) is 5.88 Å². The Morgan fingerprint density at radius 3 is 3.12 bits per heavy atom. The maximum atomic E-state index is 12.1. The number of ether oxygens (including phenoxy) is 1. The van der Waals surface area contributed by atoms with E-state index in [4.69, 9.17) is 4.74 Å². The quantitative estimate of drug-likeness (QED) is 0.781. The zero-order valence-corrected chi connectivity index (χ0v) is 9.09. The Morgan fingerprint density at radius 1 is 1.69 bits per heavy atom. The van der Waals surface area contributed by atoms with Gasteiger partial charge in [0.25, 0.3) is 5.91 Å². The minimum absolute atomic E-state index is 0.137. The van der Waals surface area contributed by atoms with Crippen LogP contribution in [-0.4, -0.2) is 47.2 Å². The fourth-order valence-electron chi connectivity index (χ4n) is 1.81. The molecule has 0 bridgehead atoms. The van der Waals surface area contributed by atoms with E-state index in [1.165, 1.54) is 7.11 Å². The molecule has 0 spiro atoms. The zero-order valence-electron chi connectivity index (χ0n) is 9.09. The van der Waals surface area contributed by atoms with Crippen LogP contribution in [0.2, 0.25) is 0 Å². The van der Waals surface area contributed by atoms with Crippen molar-refractivity contribution in [2.75, 3.05) is 20.2 Å². The van der Waals surface area contributed by atoms with Gasteiger partial charge in [0, 0.05) is 19.3 Å². The van der Waals surface area contributed by atoms with Gasteiger partial charge in [0.15, 0.2) is 0 Å². The predicted molar refractivity (Wildman–Crippen MR) is 57.3 cm³/mol. The average Bonchev–Trinajstić information content (AvgIpc) is 2.75. The Labute approximate surface area is 93.7 Å². The van der Waals surface area contributed by atoms with Gasteiger partial charge in [-0.25, -0.2) is 4.98 Å². The van der Waals surface area contributed by atoms with Crippen LogP contribution in [0.3, 0.4) is 0 Å². The van der Waals surface area contributed by atoms with E-state index in [0.717, 1.165) is 0 Å². The Balaban J connectivity index is 2.20. The van der Waals surface area contributed by atoms with Gasteiger partial charge in [0.05, 0.1) is 13.2 Å². The van der Waals surface area contributed by atoms with Crippen LogP contribution >= 0.6 is 0 Å². The van der Waals surface area contributed by atoms with E-state index in [-0.39, 0.29) is 5.91 Å². The number of β-amino-alcohol motifs (C(OH)–C–C–N with tert-alkyl or cyclic N) is 1. The van der Waals surface area contributed by atoms with Crippen molar-refractivity contribution in [3.8, 4) is 5.88 Å². The van der Waals surface area contributed by atoms with Crippen LogP contribution in [0.5, 0.6) is 5.88 Å². The lowest BCUT2D eigenvalue weighted by Crippen LogP contribution is -2.29. The van der Waals surface area contributed by atoms with Crippen molar-refractivity contribution in [3.63, 3.8) is 0 Å². The third-order valence-electron chi connectivity index (χ3n) is 2.65. The van der Waals surface area contributed by atoms with E-state index in [2.05, 4.69) is 4.98 Å². The van der Waals surface area contributed by atoms with Crippen molar-refractivity contribution in [2.45, 2.75) is 12.5 Å². The molecular weight excluding hydrogens is 208 g/mol. The van der Waals surface area contributed by atoms with Crippen LogP contribution < -0.4 is 4.74 Å². The van der Waals surface area contributed by atoms with Crippen LogP contribution in [0.4, 0.5) is 0 Å². The molecule has 86 valence electrons. The molecule has 5 heteroatoms. The van der Waals surface area contributed by atoms with Crippen molar-refractivity contribution in [2.24, 2.45) is 0 Å². The first-order valence-electron chi connectivity index (χ1n) is 5.18. The van der Waals surface area contributed by atoms with E-state index in [9.17, 15) is 9.90 Å². The van der Waals surface area contributed by atoms with Crippen molar-refractivity contribution >= 4 is 5.91 Å².